The minimum Gasteiger partial charge on any atom is -0.394 e. The predicted octanol–water partition coefficient (Wildman–Crippen LogP) is -2.69. The maximum Gasteiger partial charge on any atom is 0.280 e. The molecule has 1 fully saturated rings. The van der Waals surface area contributed by atoms with Crippen molar-refractivity contribution >= 4 is 17.1 Å². The number of rotatable bonds is 2. The quantitative estimate of drug-likeness (QED) is 0.398. The molecule has 0 saturated carbocycles. The lowest BCUT2D eigenvalue weighted by Gasteiger charge is -2.16. The average molecular weight is 283 g/mol. The molecular formula is C10H13N5O5. The van der Waals surface area contributed by atoms with Gasteiger partial charge < -0.3 is 25.8 Å². The van der Waals surface area contributed by atoms with Crippen LogP contribution in [0.5, 0.6) is 0 Å². The van der Waals surface area contributed by atoms with Crippen LogP contribution in [-0.4, -0.2) is 59.8 Å². The first-order valence-corrected chi connectivity index (χ1v) is 5.87. The maximum atomic E-state index is 11.7. The van der Waals surface area contributed by atoms with Gasteiger partial charge in [0.15, 0.2) is 17.4 Å². The number of nitrogens with one attached hydrogen (secondary N) is 1. The number of fused-ring (bicyclic) bond motifs is 1. The molecule has 1 saturated heterocycles. The summed E-state index contributed by atoms with van der Waals surface area (Å²) in [5, 5.41) is 28.7. The largest absolute Gasteiger partial charge is 0.394 e. The normalized spacial score (nSPS) is 30.1. The summed E-state index contributed by atoms with van der Waals surface area (Å²) in [5.41, 5.74) is 5.12. The zero-order chi connectivity index (χ0) is 14.4. The molecule has 10 nitrogen and oxygen atoms in total. The first-order chi connectivity index (χ1) is 9.52. The minimum atomic E-state index is -1.29. The summed E-state index contributed by atoms with van der Waals surface area (Å²) in [6.07, 6.45) is -3.21. The number of nitrogen functional groups attached to an aromatic ring is 1. The highest BCUT2D eigenvalue weighted by Crippen LogP contribution is 2.30. The number of aliphatic hydroxyl groups is 3. The van der Waals surface area contributed by atoms with Gasteiger partial charge in [0.1, 0.15) is 18.3 Å². The molecule has 0 spiro atoms. The van der Waals surface area contributed by atoms with Crippen molar-refractivity contribution in [1.29, 1.82) is 0 Å². The molecule has 4 atom stereocenters. The third kappa shape index (κ3) is 1.78. The topological polar surface area (TPSA) is 160 Å². The minimum absolute atomic E-state index is 0.0388. The Morgan fingerprint density at radius 3 is 2.85 bits per heavy atom. The van der Waals surface area contributed by atoms with Crippen LogP contribution in [0.2, 0.25) is 0 Å². The van der Waals surface area contributed by atoms with Gasteiger partial charge in [0.05, 0.1) is 12.9 Å². The van der Waals surface area contributed by atoms with Crippen LogP contribution >= 0.6 is 0 Å². The maximum absolute atomic E-state index is 11.7. The predicted molar refractivity (Wildman–Crippen MR) is 65.6 cm³/mol. The van der Waals surface area contributed by atoms with Crippen molar-refractivity contribution in [2.75, 3.05) is 12.3 Å². The lowest BCUT2D eigenvalue weighted by molar-refractivity contribution is -0.0511. The van der Waals surface area contributed by atoms with Crippen molar-refractivity contribution < 1.29 is 20.1 Å². The summed E-state index contributed by atoms with van der Waals surface area (Å²) in [6.45, 7) is -0.447. The highest BCUT2D eigenvalue weighted by molar-refractivity contribution is 5.70. The summed E-state index contributed by atoms with van der Waals surface area (Å²) >= 11 is 0. The zero-order valence-corrected chi connectivity index (χ0v) is 10.2. The molecule has 3 rings (SSSR count). The number of aromatic amines is 1. The van der Waals surface area contributed by atoms with E-state index in [4.69, 9.17) is 15.6 Å². The van der Waals surface area contributed by atoms with Crippen LogP contribution in [-0.2, 0) is 4.74 Å². The Kier molecular flexibility index (Phi) is 2.94. The second-order valence-electron chi connectivity index (χ2n) is 4.50. The van der Waals surface area contributed by atoms with Gasteiger partial charge in [-0.3, -0.25) is 14.3 Å². The van der Waals surface area contributed by atoms with E-state index < -0.39 is 36.7 Å². The average Bonchev–Trinajstić information content (AvgIpc) is 2.93. The van der Waals surface area contributed by atoms with Gasteiger partial charge in [0.25, 0.3) is 5.56 Å². The molecule has 1 unspecified atom stereocenters. The van der Waals surface area contributed by atoms with Gasteiger partial charge >= 0.3 is 0 Å². The monoisotopic (exact) mass is 283 g/mol. The Morgan fingerprint density at radius 2 is 2.20 bits per heavy atom. The number of H-pyrrole nitrogens is 1. The summed E-state index contributed by atoms with van der Waals surface area (Å²) in [4.78, 5) is 21.8. The third-order valence-corrected chi connectivity index (χ3v) is 3.24. The van der Waals surface area contributed by atoms with Crippen LogP contribution in [0.4, 0.5) is 5.95 Å². The van der Waals surface area contributed by atoms with Crippen LogP contribution in [0.25, 0.3) is 11.2 Å². The first kappa shape index (κ1) is 13.0. The molecule has 10 heteroatoms. The van der Waals surface area contributed by atoms with Crippen LogP contribution in [0, 0.1) is 0 Å². The summed E-state index contributed by atoms with van der Waals surface area (Å²) in [5.74, 6) is -0.101. The van der Waals surface area contributed by atoms with Crippen LogP contribution in [0.15, 0.2) is 11.1 Å². The lowest BCUT2D eigenvalue weighted by atomic mass is 10.1. The molecule has 1 aliphatic heterocycles. The van der Waals surface area contributed by atoms with Crippen LogP contribution in [0.3, 0.4) is 0 Å². The van der Waals surface area contributed by atoms with E-state index in [9.17, 15) is 15.0 Å². The number of hydrogen-bond donors (Lipinski definition) is 5. The van der Waals surface area contributed by atoms with E-state index in [1.54, 1.807) is 0 Å². The fourth-order valence-electron chi connectivity index (χ4n) is 2.24. The van der Waals surface area contributed by atoms with Crippen LogP contribution in [0.1, 0.15) is 6.23 Å². The van der Waals surface area contributed by atoms with Gasteiger partial charge in [-0.05, 0) is 0 Å². The molecule has 0 bridgehead atoms. The van der Waals surface area contributed by atoms with Gasteiger partial charge in [0, 0.05) is 0 Å². The van der Waals surface area contributed by atoms with Crippen molar-refractivity contribution in [2.45, 2.75) is 24.5 Å². The number of nitrogens with two attached hydrogens (primary N) is 1. The molecule has 108 valence electrons. The number of nitrogens with zero attached hydrogens (tertiary/aromatic N) is 3. The molecule has 0 aromatic carbocycles. The second kappa shape index (κ2) is 4.52. The van der Waals surface area contributed by atoms with E-state index in [0.29, 0.717) is 0 Å². The third-order valence-electron chi connectivity index (χ3n) is 3.24. The molecule has 2 aromatic rings. The van der Waals surface area contributed by atoms with E-state index >= 15 is 0 Å². The van der Waals surface area contributed by atoms with Gasteiger partial charge in [-0.15, -0.1) is 0 Å². The van der Waals surface area contributed by atoms with Gasteiger partial charge in [0.2, 0.25) is 5.95 Å². The molecule has 3 heterocycles. The van der Waals surface area contributed by atoms with E-state index in [2.05, 4.69) is 15.0 Å². The zero-order valence-electron chi connectivity index (χ0n) is 10.2. The highest BCUT2D eigenvalue weighted by atomic mass is 16.6. The first-order valence-electron chi connectivity index (χ1n) is 5.87. The molecule has 0 amide bonds. The Bertz CT molecular complexity index is 697. The lowest BCUT2D eigenvalue weighted by Crippen LogP contribution is -2.33. The van der Waals surface area contributed by atoms with Gasteiger partial charge in [-0.1, -0.05) is 0 Å². The summed E-state index contributed by atoms with van der Waals surface area (Å²) < 4.78 is 6.64. The van der Waals surface area contributed by atoms with Crippen molar-refractivity contribution in [2.24, 2.45) is 0 Å². The molecule has 0 radical (unpaired) electrons. The van der Waals surface area contributed by atoms with E-state index in [1.165, 1.54) is 10.9 Å². The fourth-order valence-corrected chi connectivity index (χ4v) is 2.24. The Balaban J connectivity index is 2.09. The fraction of sp³-hybridized carbons (Fsp3) is 0.500. The number of aromatic nitrogens is 4. The summed E-state index contributed by atoms with van der Waals surface area (Å²) in [6, 6.07) is 0. The van der Waals surface area contributed by atoms with Crippen molar-refractivity contribution in [3.05, 3.63) is 16.7 Å². The standard InChI is InChI=1S/C10H13N5O5/c11-10-13-7-4(8(19)14-10)12-2-15(7)9-6(18)5(17)3(1-16)20-9/h2-3,5-6,9,16-18H,1H2,(H3,11,13,14,19)/t3-,5+,6-,9?/m1/s1. The van der Waals surface area contributed by atoms with Crippen LogP contribution < -0.4 is 11.3 Å². The smallest absolute Gasteiger partial charge is 0.280 e. The van der Waals surface area contributed by atoms with Crippen molar-refractivity contribution in [3.63, 3.8) is 0 Å². The number of anilines is 1. The Morgan fingerprint density at radius 1 is 1.45 bits per heavy atom. The second-order valence-corrected chi connectivity index (χ2v) is 4.50. The van der Waals surface area contributed by atoms with E-state index in [1.807, 2.05) is 0 Å². The molecule has 1 aliphatic rings. The number of ether oxygens (including phenoxy) is 1. The number of aliphatic hydroxyl groups excluding tert-OH is 3. The highest BCUT2D eigenvalue weighted by Gasteiger charge is 2.44. The Labute approximate surface area is 111 Å². The molecule has 0 aliphatic carbocycles. The van der Waals surface area contributed by atoms with Crippen molar-refractivity contribution in [3.8, 4) is 0 Å². The van der Waals surface area contributed by atoms with Crippen molar-refractivity contribution in [1.82, 2.24) is 19.5 Å². The molecule has 20 heavy (non-hydrogen) atoms. The van der Waals surface area contributed by atoms with Gasteiger partial charge in [-0.2, -0.15) is 4.98 Å². The van der Waals surface area contributed by atoms with E-state index in [-0.39, 0.29) is 17.1 Å². The number of hydrogen-bond acceptors (Lipinski definition) is 8. The summed E-state index contributed by atoms with van der Waals surface area (Å²) in [7, 11) is 0. The number of imidazole rings is 1. The van der Waals surface area contributed by atoms with Gasteiger partial charge in [-0.25, -0.2) is 4.98 Å². The molecular weight excluding hydrogens is 270 g/mol. The SMILES string of the molecule is Nc1nc2c(ncn2C2O[C@H](CO)[C@H](O)[C@H]2O)c(=O)[nH]1. The molecule has 2 aromatic heterocycles. The molecule has 6 N–H and O–H groups in total. The van der Waals surface area contributed by atoms with E-state index in [0.717, 1.165) is 0 Å². The Hall–Kier alpha value is -2.01.